The largest absolute Gasteiger partial charge is 0.353 e. The highest BCUT2D eigenvalue weighted by atomic mass is 16.6. The van der Waals surface area contributed by atoms with Crippen molar-refractivity contribution in [1.29, 1.82) is 0 Å². The van der Waals surface area contributed by atoms with Gasteiger partial charge in [-0.05, 0) is 74.6 Å². The van der Waals surface area contributed by atoms with Crippen LogP contribution in [0.4, 0.5) is 11.4 Å². The van der Waals surface area contributed by atoms with Gasteiger partial charge in [0.05, 0.1) is 21.8 Å². The number of hydrogen-bond donors (Lipinski definition) is 2. The molecule has 0 aliphatic carbocycles. The fourth-order valence-electron chi connectivity index (χ4n) is 4.92. The van der Waals surface area contributed by atoms with E-state index in [9.17, 15) is 14.9 Å². The number of aromatic amines is 1. The lowest BCUT2D eigenvalue weighted by Crippen LogP contribution is -2.14. The van der Waals surface area contributed by atoms with Crippen molar-refractivity contribution in [3.8, 4) is 11.4 Å². The molecule has 3 aromatic carbocycles. The van der Waals surface area contributed by atoms with Gasteiger partial charge >= 0.3 is 0 Å². The predicted octanol–water partition coefficient (Wildman–Crippen LogP) is 7.18. The van der Waals surface area contributed by atoms with Crippen LogP contribution >= 0.6 is 0 Å². The average molecular weight is 493 g/mol. The Bertz CT molecular complexity index is 1670. The Morgan fingerprint density at radius 2 is 1.81 bits per heavy atom. The second-order valence-corrected chi connectivity index (χ2v) is 9.55. The number of nitrogens with one attached hydrogen (secondary N) is 2. The van der Waals surface area contributed by atoms with Gasteiger partial charge in [0, 0.05) is 28.8 Å². The van der Waals surface area contributed by atoms with Gasteiger partial charge < -0.3 is 10.3 Å². The zero-order chi connectivity index (χ0) is 26.1. The van der Waals surface area contributed by atoms with Crippen molar-refractivity contribution in [3.05, 3.63) is 99.1 Å². The highest BCUT2D eigenvalue weighted by Gasteiger charge is 2.20. The third kappa shape index (κ3) is 4.93. The number of amides is 1. The topological polar surface area (TPSA) is 101 Å². The highest BCUT2D eigenvalue weighted by molar-refractivity contribution is 5.95. The molecule has 0 spiro atoms. The number of rotatable bonds is 7. The smallest absolute Gasteiger partial charge is 0.293 e. The van der Waals surface area contributed by atoms with E-state index in [0.29, 0.717) is 18.4 Å². The lowest BCUT2D eigenvalue weighted by Gasteiger charge is -2.10. The van der Waals surface area contributed by atoms with Crippen molar-refractivity contribution >= 4 is 39.1 Å². The quantitative estimate of drug-likeness (QED) is 0.186. The molecule has 0 fully saturated rings. The number of benzene rings is 3. The summed E-state index contributed by atoms with van der Waals surface area (Å²) in [7, 11) is 0. The fraction of sp³-hybridized carbons (Fsp3) is 0.200. The summed E-state index contributed by atoms with van der Waals surface area (Å²) < 4.78 is 0. The number of nitro groups is 1. The minimum atomic E-state index is -0.452. The molecule has 0 saturated carbocycles. The van der Waals surface area contributed by atoms with Crippen molar-refractivity contribution in [2.45, 2.75) is 40.0 Å². The monoisotopic (exact) mass is 492 g/mol. The van der Waals surface area contributed by atoms with E-state index in [4.69, 9.17) is 4.98 Å². The van der Waals surface area contributed by atoms with Gasteiger partial charge in [0.15, 0.2) is 0 Å². The first-order chi connectivity index (χ1) is 17.8. The van der Waals surface area contributed by atoms with Crippen LogP contribution in [-0.4, -0.2) is 20.8 Å². The summed E-state index contributed by atoms with van der Waals surface area (Å²) in [6.07, 6.45) is 1.50. The molecule has 7 nitrogen and oxygen atoms in total. The zero-order valence-corrected chi connectivity index (χ0v) is 21.1. The zero-order valence-electron chi connectivity index (χ0n) is 21.1. The molecular weight excluding hydrogens is 464 g/mol. The van der Waals surface area contributed by atoms with Gasteiger partial charge in [-0.2, -0.15) is 0 Å². The Labute approximate surface area is 214 Å². The summed E-state index contributed by atoms with van der Waals surface area (Å²) >= 11 is 0. The van der Waals surface area contributed by atoms with Crippen LogP contribution in [-0.2, 0) is 11.2 Å². The summed E-state index contributed by atoms with van der Waals surface area (Å²) in [4.78, 5) is 32.3. The van der Waals surface area contributed by atoms with Gasteiger partial charge in [0.1, 0.15) is 5.69 Å². The highest BCUT2D eigenvalue weighted by Crippen LogP contribution is 2.33. The van der Waals surface area contributed by atoms with Crippen molar-refractivity contribution in [2.75, 3.05) is 5.32 Å². The Morgan fingerprint density at radius 1 is 1.00 bits per heavy atom. The third-order valence-corrected chi connectivity index (χ3v) is 6.67. The van der Waals surface area contributed by atoms with Crippen molar-refractivity contribution in [2.24, 2.45) is 0 Å². The number of aromatic nitrogens is 2. The molecule has 0 bridgehead atoms. The van der Waals surface area contributed by atoms with Crippen LogP contribution in [0.3, 0.4) is 0 Å². The Hall–Kier alpha value is -4.52. The summed E-state index contributed by atoms with van der Waals surface area (Å²) in [6, 6.07) is 21.7. The normalized spacial score (nSPS) is 11.2. The van der Waals surface area contributed by atoms with Crippen molar-refractivity contribution in [1.82, 2.24) is 9.97 Å². The molecule has 0 aliphatic heterocycles. The number of pyridine rings is 1. The molecule has 0 unspecified atom stereocenters. The molecular formula is C30H28N4O3. The molecule has 2 N–H and O–H groups in total. The first-order valence-corrected chi connectivity index (χ1v) is 12.3. The van der Waals surface area contributed by atoms with E-state index < -0.39 is 4.92 Å². The third-order valence-electron chi connectivity index (χ3n) is 6.67. The van der Waals surface area contributed by atoms with E-state index in [-0.39, 0.29) is 23.7 Å². The number of fused-ring (bicyclic) bond motifs is 2. The van der Waals surface area contributed by atoms with Crippen LogP contribution in [0.25, 0.3) is 33.2 Å². The van der Waals surface area contributed by atoms with Crippen molar-refractivity contribution in [3.63, 3.8) is 0 Å². The Kier molecular flexibility index (Phi) is 6.44. The van der Waals surface area contributed by atoms with Crippen LogP contribution < -0.4 is 5.32 Å². The molecule has 5 aromatic rings. The molecule has 37 heavy (non-hydrogen) atoms. The second-order valence-electron chi connectivity index (χ2n) is 9.55. The predicted molar refractivity (Wildman–Crippen MR) is 148 cm³/mol. The first-order valence-electron chi connectivity index (χ1n) is 12.3. The van der Waals surface area contributed by atoms with E-state index in [1.165, 1.54) is 6.07 Å². The van der Waals surface area contributed by atoms with Crippen LogP contribution in [0.2, 0.25) is 0 Å². The standard InChI is InChI=1S/C30H28N4O3/c1-18-11-13-25-23(16-18)22(30(32-25)26-14-12-21-7-4-5-9-24(21)31-26)8-6-10-28(35)33-29-20(3)15-19(2)17-27(29)34(36)37/h4-5,7,9,11-17,32H,6,8,10H2,1-3H3,(H,33,35). The number of anilines is 1. The summed E-state index contributed by atoms with van der Waals surface area (Å²) in [5.74, 6) is -0.239. The van der Waals surface area contributed by atoms with E-state index in [1.807, 2.05) is 36.4 Å². The maximum Gasteiger partial charge on any atom is 0.293 e. The number of aryl methyl sites for hydroxylation is 4. The van der Waals surface area contributed by atoms with Gasteiger partial charge in [0.2, 0.25) is 5.91 Å². The van der Waals surface area contributed by atoms with Gasteiger partial charge in [-0.3, -0.25) is 14.9 Å². The van der Waals surface area contributed by atoms with E-state index in [2.05, 4.69) is 41.5 Å². The van der Waals surface area contributed by atoms with E-state index in [1.54, 1.807) is 13.8 Å². The van der Waals surface area contributed by atoms with E-state index >= 15 is 0 Å². The van der Waals surface area contributed by atoms with Crippen LogP contribution in [0.15, 0.2) is 66.7 Å². The SMILES string of the molecule is Cc1cc(C)c(NC(=O)CCCc2c(-c3ccc4ccccc4n3)[nH]c3ccc(C)cc23)c([N+](=O)[O-])c1. The molecule has 0 atom stereocenters. The molecule has 0 saturated heterocycles. The minimum Gasteiger partial charge on any atom is -0.353 e. The fourth-order valence-corrected chi connectivity index (χ4v) is 4.92. The number of carbonyl (C=O) groups excluding carboxylic acids is 1. The number of nitro benzene ring substituents is 1. The molecule has 5 rings (SSSR count). The number of nitrogens with zero attached hydrogens (tertiary/aromatic N) is 2. The summed E-state index contributed by atoms with van der Waals surface area (Å²) in [5, 5.41) is 16.5. The number of hydrogen-bond acceptors (Lipinski definition) is 4. The lowest BCUT2D eigenvalue weighted by atomic mass is 10.0. The van der Waals surface area contributed by atoms with Crippen LogP contribution in [0, 0.1) is 30.9 Å². The van der Waals surface area contributed by atoms with Crippen molar-refractivity contribution < 1.29 is 9.72 Å². The molecule has 7 heteroatoms. The van der Waals surface area contributed by atoms with Crippen LogP contribution in [0.1, 0.15) is 35.1 Å². The lowest BCUT2D eigenvalue weighted by molar-refractivity contribution is -0.384. The molecule has 186 valence electrons. The second kappa shape index (κ2) is 9.85. The van der Waals surface area contributed by atoms with Crippen LogP contribution in [0.5, 0.6) is 0 Å². The maximum absolute atomic E-state index is 12.8. The summed E-state index contributed by atoms with van der Waals surface area (Å²) in [5.41, 5.74) is 7.69. The summed E-state index contributed by atoms with van der Waals surface area (Å²) in [6.45, 7) is 5.64. The molecule has 0 radical (unpaired) electrons. The van der Waals surface area contributed by atoms with Gasteiger partial charge in [0.25, 0.3) is 5.69 Å². The first kappa shape index (κ1) is 24.2. The Morgan fingerprint density at radius 3 is 2.62 bits per heavy atom. The van der Waals surface area contributed by atoms with Gasteiger partial charge in [-0.25, -0.2) is 4.98 Å². The average Bonchev–Trinajstić information content (AvgIpc) is 3.22. The molecule has 2 heterocycles. The van der Waals surface area contributed by atoms with Gasteiger partial charge in [-0.15, -0.1) is 0 Å². The molecule has 2 aromatic heterocycles. The maximum atomic E-state index is 12.8. The molecule has 1 amide bonds. The number of para-hydroxylation sites is 1. The van der Waals surface area contributed by atoms with E-state index in [0.717, 1.165) is 49.9 Å². The molecule has 0 aliphatic rings. The van der Waals surface area contributed by atoms with Gasteiger partial charge in [-0.1, -0.05) is 42.0 Å². The minimum absolute atomic E-state index is 0.0809. The number of H-pyrrole nitrogens is 1. The Balaban J connectivity index is 1.40. The number of carbonyl (C=O) groups is 1.